The number of carbonyl (C=O) groups is 5. The zero-order chi connectivity index (χ0) is 42.6. The minimum Gasteiger partial charge on any atom is -0.465 e. The molecule has 1 fully saturated rings. The number of esters is 2. The summed E-state index contributed by atoms with van der Waals surface area (Å²) in [6.07, 6.45) is -0.754. The summed E-state index contributed by atoms with van der Waals surface area (Å²) < 4.78 is 68.7. The summed E-state index contributed by atoms with van der Waals surface area (Å²) in [7, 11) is -3.86. The summed E-state index contributed by atoms with van der Waals surface area (Å²) >= 11 is 5.25. The van der Waals surface area contributed by atoms with Gasteiger partial charge in [0.25, 0.3) is 0 Å². The van der Waals surface area contributed by atoms with Crippen molar-refractivity contribution in [1.29, 1.82) is 0 Å². The number of amides is 2. The Balaban J connectivity index is 0.000000900. The SMILES string of the molecule is CCOC(=O)C1=C(OP(=O)(OCC)OCC)CCN(C(=O)OC(C)(C)C)C1.CCOC(=O)C1CN(C(=O)OC(C)(C)C)CCC1=O.CCOP(=O)(Cl)OCC. The zero-order valence-electron chi connectivity index (χ0n) is 34.3. The molecule has 0 saturated carbocycles. The summed E-state index contributed by atoms with van der Waals surface area (Å²) in [6, 6.07) is 0. The smallest absolute Gasteiger partial charge is 0.465 e. The number of ketones is 1. The maximum Gasteiger partial charge on any atom is 0.529 e. The van der Waals surface area contributed by atoms with Crippen molar-refractivity contribution in [3.8, 4) is 0 Å². The maximum atomic E-state index is 12.7. The van der Waals surface area contributed by atoms with Gasteiger partial charge in [0.15, 0.2) is 5.78 Å². The fourth-order valence-corrected chi connectivity index (χ4v) is 6.95. The van der Waals surface area contributed by atoms with E-state index in [9.17, 15) is 33.1 Å². The van der Waals surface area contributed by atoms with Gasteiger partial charge in [-0.2, -0.15) is 0 Å². The fraction of sp³-hybridized carbons (Fsp3) is 0.794. The first-order chi connectivity index (χ1) is 25.4. The molecule has 0 aliphatic carbocycles. The van der Waals surface area contributed by atoms with Gasteiger partial charge in [-0.15, -0.1) is 0 Å². The van der Waals surface area contributed by atoms with Crippen LogP contribution in [0.15, 0.2) is 11.3 Å². The van der Waals surface area contributed by atoms with Crippen molar-refractivity contribution in [3.63, 3.8) is 0 Å². The van der Waals surface area contributed by atoms with Crippen molar-refractivity contribution >= 4 is 55.9 Å². The summed E-state index contributed by atoms with van der Waals surface area (Å²) in [6.45, 7) is 19.1. The van der Waals surface area contributed by atoms with Crippen molar-refractivity contribution in [3.05, 3.63) is 11.3 Å². The molecule has 0 aromatic heterocycles. The largest absolute Gasteiger partial charge is 0.529 e. The molecule has 0 aromatic rings. The van der Waals surface area contributed by atoms with E-state index in [-0.39, 0.29) is 82.6 Å². The van der Waals surface area contributed by atoms with Crippen molar-refractivity contribution in [2.45, 2.75) is 107 Å². The van der Waals surface area contributed by atoms with E-state index in [2.05, 4.69) is 9.05 Å². The Hall–Kier alpha value is -2.72. The van der Waals surface area contributed by atoms with Crippen LogP contribution >= 0.6 is 26.0 Å². The molecule has 2 aliphatic heterocycles. The van der Waals surface area contributed by atoms with E-state index in [0.717, 1.165) is 0 Å². The molecule has 0 bridgehead atoms. The molecule has 0 radical (unpaired) electrons. The summed E-state index contributed by atoms with van der Waals surface area (Å²) in [5.41, 5.74) is -1.17. The zero-order valence-corrected chi connectivity index (χ0v) is 36.8. The molecule has 0 spiro atoms. The average molecular weight is 851 g/mol. The lowest BCUT2D eigenvalue weighted by Gasteiger charge is -2.32. The Kier molecular flexibility index (Phi) is 23.6. The molecule has 1 saturated heterocycles. The minimum absolute atomic E-state index is 0.0343. The average Bonchev–Trinajstić information content (AvgIpc) is 3.04. The first kappa shape index (κ1) is 52.3. The quantitative estimate of drug-likeness (QED) is 0.0720. The van der Waals surface area contributed by atoms with Crippen LogP contribution in [0.5, 0.6) is 0 Å². The number of piperidine rings is 1. The molecule has 1 unspecified atom stereocenters. The molecular formula is C34H61ClN2O16P2. The van der Waals surface area contributed by atoms with Gasteiger partial charge in [-0.05, 0) is 83.1 Å². The number of likely N-dealkylation sites (tertiary alicyclic amines) is 1. The number of hydrogen-bond donors (Lipinski definition) is 0. The van der Waals surface area contributed by atoms with E-state index in [4.69, 9.17) is 43.8 Å². The van der Waals surface area contributed by atoms with E-state index >= 15 is 0 Å². The third kappa shape index (κ3) is 21.4. The van der Waals surface area contributed by atoms with Crippen LogP contribution in [0.3, 0.4) is 0 Å². The van der Waals surface area contributed by atoms with Gasteiger partial charge in [0.2, 0.25) is 0 Å². The van der Waals surface area contributed by atoms with Crippen LogP contribution in [-0.2, 0) is 65.1 Å². The Bertz CT molecular complexity index is 1380. The number of Topliss-reactive ketones (excluding diaryl/α,β-unsaturated/α-hetero) is 1. The van der Waals surface area contributed by atoms with Gasteiger partial charge < -0.3 is 33.3 Å². The number of phosphoric acid groups is 1. The number of rotatable bonds is 14. The Morgan fingerprint density at radius 3 is 1.58 bits per heavy atom. The molecule has 0 aromatic carbocycles. The van der Waals surface area contributed by atoms with Crippen LogP contribution in [0.2, 0.25) is 0 Å². The van der Waals surface area contributed by atoms with Crippen molar-refractivity contribution in [2.75, 3.05) is 65.8 Å². The number of ether oxygens (including phenoxy) is 4. The molecule has 320 valence electrons. The van der Waals surface area contributed by atoms with Gasteiger partial charge in [0.05, 0.1) is 51.8 Å². The number of halogens is 1. The van der Waals surface area contributed by atoms with E-state index < -0.39 is 56.0 Å². The number of phosphoric ester groups is 1. The minimum atomic E-state index is -3.86. The fourth-order valence-electron chi connectivity index (χ4n) is 4.39. The van der Waals surface area contributed by atoms with Crippen LogP contribution in [-0.4, -0.2) is 117 Å². The summed E-state index contributed by atoms with van der Waals surface area (Å²) in [5.74, 6) is -2.15. The van der Waals surface area contributed by atoms with Crippen LogP contribution in [0.4, 0.5) is 9.59 Å². The van der Waals surface area contributed by atoms with Crippen molar-refractivity contribution < 1.29 is 74.7 Å². The number of hydrogen-bond acceptors (Lipinski definition) is 16. The number of nitrogens with zero attached hydrogens (tertiary/aromatic N) is 2. The van der Waals surface area contributed by atoms with Gasteiger partial charge in [0, 0.05) is 43.7 Å². The highest BCUT2D eigenvalue weighted by molar-refractivity contribution is 7.81. The Labute approximate surface area is 330 Å². The second-order valence-corrected chi connectivity index (χ2v) is 17.6. The molecular weight excluding hydrogens is 790 g/mol. The third-order valence-electron chi connectivity index (χ3n) is 6.47. The molecule has 55 heavy (non-hydrogen) atoms. The van der Waals surface area contributed by atoms with E-state index in [1.165, 1.54) is 9.80 Å². The normalized spacial score (nSPS) is 16.5. The van der Waals surface area contributed by atoms with Gasteiger partial charge in [-0.3, -0.25) is 27.7 Å². The van der Waals surface area contributed by atoms with Crippen molar-refractivity contribution in [2.24, 2.45) is 5.92 Å². The maximum absolute atomic E-state index is 12.7. The lowest BCUT2D eigenvalue weighted by atomic mass is 9.97. The molecule has 2 rings (SSSR count). The van der Waals surface area contributed by atoms with Crippen LogP contribution < -0.4 is 0 Å². The molecule has 21 heteroatoms. The highest BCUT2D eigenvalue weighted by Gasteiger charge is 2.38. The highest BCUT2D eigenvalue weighted by Crippen LogP contribution is 2.53. The monoisotopic (exact) mass is 850 g/mol. The van der Waals surface area contributed by atoms with Crippen LogP contribution in [0.1, 0.15) is 95.9 Å². The molecule has 2 aliphatic rings. The Morgan fingerprint density at radius 1 is 0.691 bits per heavy atom. The summed E-state index contributed by atoms with van der Waals surface area (Å²) in [4.78, 5) is 62.6. The second-order valence-electron chi connectivity index (χ2n) is 13.4. The molecule has 2 heterocycles. The van der Waals surface area contributed by atoms with E-state index in [1.807, 2.05) is 0 Å². The predicted molar refractivity (Wildman–Crippen MR) is 202 cm³/mol. The van der Waals surface area contributed by atoms with Crippen LogP contribution in [0, 0.1) is 5.92 Å². The lowest BCUT2D eigenvalue weighted by Crippen LogP contribution is -2.48. The molecule has 1 atom stereocenters. The lowest BCUT2D eigenvalue weighted by molar-refractivity contribution is -0.153. The molecule has 0 N–H and O–H groups in total. The standard InChI is InChI=1S/C17H30NO8P.C13H21NO5.C4H10ClO3P/c1-7-22-15(19)13-12-18(16(20)25-17(4,5)6)11-10-14(13)26-27(21,23-8-2)24-9-3;1-5-18-11(16)9-8-14(7-6-10(9)15)12(17)19-13(2,3)4;1-3-7-9(5,6)8-4-2/h7-12H2,1-6H3;9H,5-8H2,1-4H3;3-4H2,1-2H3. The van der Waals surface area contributed by atoms with Gasteiger partial charge in [-0.1, -0.05) is 0 Å². The first-order valence-corrected chi connectivity index (χ1v) is 22.0. The predicted octanol–water partition coefficient (Wildman–Crippen LogP) is 7.42. The van der Waals surface area contributed by atoms with Crippen molar-refractivity contribution in [1.82, 2.24) is 9.80 Å². The van der Waals surface area contributed by atoms with E-state index in [0.29, 0.717) is 13.2 Å². The highest BCUT2D eigenvalue weighted by atomic mass is 35.7. The summed E-state index contributed by atoms with van der Waals surface area (Å²) in [5, 5.41) is 0. The third-order valence-corrected chi connectivity index (χ3v) is 9.79. The van der Waals surface area contributed by atoms with Gasteiger partial charge in [-0.25, -0.2) is 23.5 Å². The first-order valence-electron chi connectivity index (χ1n) is 18.1. The van der Waals surface area contributed by atoms with Crippen LogP contribution in [0.25, 0.3) is 0 Å². The topological polar surface area (TPSA) is 209 Å². The molecule has 2 amide bonds. The second kappa shape index (κ2) is 24.8. The van der Waals surface area contributed by atoms with E-state index in [1.54, 1.807) is 83.1 Å². The van der Waals surface area contributed by atoms with Gasteiger partial charge >= 0.3 is 38.9 Å². The Morgan fingerprint density at radius 2 is 1.15 bits per heavy atom. The number of carbonyl (C=O) groups excluding carboxylic acids is 5. The van der Waals surface area contributed by atoms with Gasteiger partial charge in [0.1, 0.15) is 22.9 Å². The molecule has 18 nitrogen and oxygen atoms in total.